The lowest BCUT2D eigenvalue weighted by molar-refractivity contribution is -0.126. The van der Waals surface area contributed by atoms with E-state index >= 15 is 0 Å². The molecule has 0 aliphatic heterocycles. The number of halogens is 2. The van der Waals surface area contributed by atoms with E-state index in [0.29, 0.717) is 5.56 Å². The quantitative estimate of drug-likeness (QED) is 0.800. The third-order valence-corrected chi connectivity index (χ3v) is 4.27. The number of hydrogen-bond acceptors (Lipinski definition) is 3. The minimum absolute atomic E-state index is 0.0270. The molecule has 0 aromatic heterocycles. The summed E-state index contributed by atoms with van der Waals surface area (Å²) >= 11 is 0. The Labute approximate surface area is 128 Å². The maximum absolute atomic E-state index is 13.1. The van der Waals surface area contributed by atoms with Gasteiger partial charge in [-0.2, -0.15) is 0 Å². The van der Waals surface area contributed by atoms with E-state index in [1.807, 2.05) is 0 Å². The molecule has 3 N–H and O–H groups in total. The summed E-state index contributed by atoms with van der Waals surface area (Å²) < 4.78 is 26.2. The number of phenols is 1. The number of amides is 1. The zero-order valence-electron chi connectivity index (χ0n) is 12.5. The van der Waals surface area contributed by atoms with Crippen LogP contribution in [-0.2, 0) is 4.79 Å². The smallest absolute Gasteiger partial charge is 0.248 e. The summed E-state index contributed by atoms with van der Waals surface area (Å²) in [6, 6.07) is 6.38. The van der Waals surface area contributed by atoms with Crippen molar-refractivity contribution in [1.29, 1.82) is 0 Å². The Morgan fingerprint density at radius 3 is 2.55 bits per heavy atom. The zero-order valence-corrected chi connectivity index (χ0v) is 12.5. The summed E-state index contributed by atoms with van der Waals surface area (Å²) in [6.07, 6.45) is -0.773. The SMILES string of the molecule is CC(C(=O)NCC1(O)CCC(F)(F)CC1)c1cccc(O)c1. The molecule has 4 nitrogen and oxygen atoms in total. The molecule has 0 spiro atoms. The first-order chi connectivity index (χ1) is 10.2. The summed E-state index contributed by atoms with van der Waals surface area (Å²) in [7, 11) is 0. The van der Waals surface area contributed by atoms with Gasteiger partial charge in [-0.1, -0.05) is 12.1 Å². The van der Waals surface area contributed by atoms with Crippen molar-refractivity contribution >= 4 is 5.91 Å². The van der Waals surface area contributed by atoms with Crippen LogP contribution in [0.3, 0.4) is 0 Å². The molecule has 0 radical (unpaired) electrons. The van der Waals surface area contributed by atoms with Crippen LogP contribution in [0.2, 0.25) is 0 Å². The summed E-state index contributed by atoms with van der Waals surface area (Å²) in [4.78, 5) is 12.1. The van der Waals surface area contributed by atoms with E-state index in [1.54, 1.807) is 19.1 Å². The summed E-state index contributed by atoms with van der Waals surface area (Å²) in [6.45, 7) is 1.65. The second kappa shape index (κ2) is 6.20. The second-order valence-corrected chi connectivity index (χ2v) is 6.11. The molecule has 122 valence electrons. The minimum Gasteiger partial charge on any atom is -0.508 e. The van der Waals surface area contributed by atoms with Gasteiger partial charge in [0, 0.05) is 19.4 Å². The molecule has 2 rings (SSSR count). The molecule has 1 aromatic carbocycles. The number of phenolic OH excluding ortho intramolecular Hbond substituents is 1. The van der Waals surface area contributed by atoms with Gasteiger partial charge in [0.25, 0.3) is 0 Å². The number of alkyl halides is 2. The molecule has 0 saturated heterocycles. The van der Waals surface area contributed by atoms with E-state index in [-0.39, 0.29) is 43.9 Å². The third kappa shape index (κ3) is 4.16. The average molecular weight is 313 g/mol. The highest BCUT2D eigenvalue weighted by atomic mass is 19.3. The molecule has 1 unspecified atom stereocenters. The second-order valence-electron chi connectivity index (χ2n) is 6.11. The first-order valence-electron chi connectivity index (χ1n) is 7.38. The number of carbonyl (C=O) groups is 1. The highest BCUT2D eigenvalue weighted by Gasteiger charge is 2.42. The maximum Gasteiger partial charge on any atom is 0.248 e. The number of aliphatic hydroxyl groups is 1. The summed E-state index contributed by atoms with van der Waals surface area (Å²) in [5.74, 6) is -3.45. The van der Waals surface area contributed by atoms with Crippen molar-refractivity contribution in [3.63, 3.8) is 0 Å². The van der Waals surface area contributed by atoms with Crippen molar-refractivity contribution in [2.24, 2.45) is 0 Å². The van der Waals surface area contributed by atoms with Gasteiger partial charge in [-0.15, -0.1) is 0 Å². The third-order valence-electron chi connectivity index (χ3n) is 4.27. The highest BCUT2D eigenvalue weighted by Crippen LogP contribution is 2.38. The van der Waals surface area contributed by atoms with Crippen LogP contribution in [0.15, 0.2) is 24.3 Å². The van der Waals surface area contributed by atoms with Gasteiger partial charge in [-0.05, 0) is 37.5 Å². The van der Waals surface area contributed by atoms with Crippen LogP contribution in [0.1, 0.15) is 44.1 Å². The van der Waals surface area contributed by atoms with Gasteiger partial charge < -0.3 is 15.5 Å². The summed E-state index contributed by atoms with van der Waals surface area (Å²) in [5, 5.41) is 22.3. The van der Waals surface area contributed by atoms with Crippen LogP contribution in [0.5, 0.6) is 5.75 Å². The van der Waals surface area contributed by atoms with Crippen LogP contribution >= 0.6 is 0 Å². The minimum atomic E-state index is -2.72. The van der Waals surface area contributed by atoms with Gasteiger partial charge in [-0.3, -0.25) is 4.79 Å². The fourth-order valence-electron chi connectivity index (χ4n) is 2.61. The largest absolute Gasteiger partial charge is 0.508 e. The van der Waals surface area contributed by atoms with Crippen molar-refractivity contribution in [1.82, 2.24) is 5.32 Å². The van der Waals surface area contributed by atoms with Crippen LogP contribution in [-0.4, -0.2) is 34.2 Å². The first kappa shape index (κ1) is 16.7. The van der Waals surface area contributed by atoms with Gasteiger partial charge >= 0.3 is 0 Å². The Morgan fingerprint density at radius 2 is 1.95 bits per heavy atom. The average Bonchev–Trinajstić information content (AvgIpc) is 2.48. The molecule has 22 heavy (non-hydrogen) atoms. The Bertz CT molecular complexity index is 538. The molecule has 0 bridgehead atoms. The number of hydrogen-bond donors (Lipinski definition) is 3. The lowest BCUT2D eigenvalue weighted by atomic mass is 9.82. The van der Waals surface area contributed by atoms with Gasteiger partial charge in [0.05, 0.1) is 11.5 Å². The fourth-order valence-corrected chi connectivity index (χ4v) is 2.61. The monoisotopic (exact) mass is 313 g/mol. The van der Waals surface area contributed by atoms with E-state index in [9.17, 15) is 23.8 Å². The van der Waals surface area contributed by atoms with Crippen LogP contribution in [0.4, 0.5) is 8.78 Å². The van der Waals surface area contributed by atoms with Crippen molar-refractivity contribution in [2.45, 2.75) is 50.0 Å². The molecule has 1 aromatic rings. The number of benzene rings is 1. The predicted octanol–water partition coefficient (Wildman–Crippen LogP) is 2.55. The molecular formula is C16H21F2NO3. The molecular weight excluding hydrogens is 292 g/mol. The number of nitrogens with one attached hydrogen (secondary N) is 1. The number of aromatic hydroxyl groups is 1. The molecule has 1 saturated carbocycles. The molecule has 1 fully saturated rings. The van der Waals surface area contributed by atoms with Gasteiger partial charge in [0.1, 0.15) is 5.75 Å². The molecule has 1 aliphatic rings. The van der Waals surface area contributed by atoms with Gasteiger partial charge in [0.2, 0.25) is 11.8 Å². The molecule has 0 heterocycles. The summed E-state index contributed by atoms with van der Waals surface area (Å²) in [5.41, 5.74) is -0.615. The van der Waals surface area contributed by atoms with Crippen molar-refractivity contribution in [2.75, 3.05) is 6.54 Å². The molecule has 1 amide bonds. The van der Waals surface area contributed by atoms with E-state index < -0.39 is 17.4 Å². The van der Waals surface area contributed by atoms with Crippen LogP contribution in [0, 0.1) is 0 Å². The molecule has 1 atom stereocenters. The lowest BCUT2D eigenvalue weighted by Gasteiger charge is -2.36. The standard InChI is InChI=1S/C16H21F2NO3/c1-11(12-3-2-4-13(20)9-12)14(21)19-10-15(22)5-7-16(17,18)8-6-15/h2-4,9,11,20,22H,5-8,10H2,1H3,(H,19,21). The van der Waals surface area contributed by atoms with Gasteiger partial charge in [0.15, 0.2) is 0 Å². The molecule has 1 aliphatic carbocycles. The Kier molecular flexibility index (Phi) is 4.70. The predicted molar refractivity (Wildman–Crippen MR) is 77.9 cm³/mol. The normalized spacial score (nSPS) is 21.1. The van der Waals surface area contributed by atoms with E-state index in [4.69, 9.17) is 0 Å². The number of carbonyl (C=O) groups excluding carboxylic acids is 1. The fraction of sp³-hybridized carbons (Fsp3) is 0.562. The first-order valence-corrected chi connectivity index (χ1v) is 7.38. The Hall–Kier alpha value is -1.69. The molecule has 6 heteroatoms. The Morgan fingerprint density at radius 1 is 1.32 bits per heavy atom. The van der Waals surface area contributed by atoms with Crippen LogP contribution in [0.25, 0.3) is 0 Å². The van der Waals surface area contributed by atoms with Crippen molar-refractivity contribution < 1.29 is 23.8 Å². The van der Waals surface area contributed by atoms with Crippen LogP contribution < -0.4 is 5.32 Å². The highest BCUT2D eigenvalue weighted by molar-refractivity contribution is 5.83. The van der Waals surface area contributed by atoms with Crippen molar-refractivity contribution in [3.8, 4) is 5.75 Å². The van der Waals surface area contributed by atoms with Crippen molar-refractivity contribution in [3.05, 3.63) is 29.8 Å². The van der Waals surface area contributed by atoms with E-state index in [2.05, 4.69) is 5.32 Å². The Balaban J connectivity index is 1.90. The lowest BCUT2D eigenvalue weighted by Crippen LogP contribution is -2.48. The van der Waals surface area contributed by atoms with Gasteiger partial charge in [-0.25, -0.2) is 8.78 Å². The van der Waals surface area contributed by atoms with E-state index in [1.165, 1.54) is 12.1 Å². The topological polar surface area (TPSA) is 69.6 Å². The zero-order chi connectivity index (χ0) is 16.4. The number of rotatable bonds is 4. The van der Waals surface area contributed by atoms with E-state index in [0.717, 1.165) is 0 Å². The maximum atomic E-state index is 13.1.